The van der Waals surface area contributed by atoms with Crippen molar-refractivity contribution in [3.8, 4) is 0 Å². The van der Waals surface area contributed by atoms with Gasteiger partial charge in [-0.25, -0.2) is 4.79 Å². The Morgan fingerprint density at radius 1 is 1.25 bits per heavy atom. The lowest BCUT2D eigenvalue weighted by atomic mass is 10.1. The first kappa shape index (κ1) is 22.0. The molecule has 0 aromatic heterocycles. The lowest BCUT2D eigenvalue weighted by Crippen LogP contribution is -2.48. The summed E-state index contributed by atoms with van der Waals surface area (Å²) in [7, 11) is 0. The molecule has 138 valence electrons. The van der Waals surface area contributed by atoms with E-state index in [0.29, 0.717) is 31.6 Å². The first-order chi connectivity index (χ1) is 11.3. The SMILES string of the molecule is CSCC[C@H](NC(=O)CNC(=O)[C@@H](N)CCCN=C(N)N)C(=O)O. The molecule has 0 rings (SSSR count). The van der Waals surface area contributed by atoms with E-state index in [1.54, 1.807) is 0 Å². The fraction of sp³-hybridized carbons (Fsp3) is 0.692. The van der Waals surface area contributed by atoms with E-state index in [1.165, 1.54) is 11.8 Å². The van der Waals surface area contributed by atoms with Gasteiger partial charge in [-0.1, -0.05) is 0 Å². The molecular weight excluding hydrogens is 336 g/mol. The van der Waals surface area contributed by atoms with Crippen molar-refractivity contribution in [3.05, 3.63) is 0 Å². The summed E-state index contributed by atoms with van der Waals surface area (Å²) in [5.74, 6) is -1.61. The number of guanidine groups is 1. The molecule has 0 saturated carbocycles. The van der Waals surface area contributed by atoms with Gasteiger partial charge in [0.2, 0.25) is 11.8 Å². The van der Waals surface area contributed by atoms with Crippen molar-refractivity contribution in [2.75, 3.05) is 25.1 Å². The molecule has 0 aliphatic rings. The van der Waals surface area contributed by atoms with Crippen LogP contribution in [0.1, 0.15) is 19.3 Å². The Kier molecular flexibility index (Phi) is 11.4. The van der Waals surface area contributed by atoms with Crippen LogP contribution in [0.3, 0.4) is 0 Å². The van der Waals surface area contributed by atoms with Gasteiger partial charge in [0.15, 0.2) is 5.96 Å². The molecule has 0 radical (unpaired) electrons. The molecule has 0 aliphatic carbocycles. The van der Waals surface area contributed by atoms with Gasteiger partial charge < -0.3 is 32.9 Å². The Morgan fingerprint density at radius 2 is 1.92 bits per heavy atom. The fourth-order valence-electron chi connectivity index (χ4n) is 1.69. The van der Waals surface area contributed by atoms with Gasteiger partial charge in [-0.15, -0.1) is 0 Å². The van der Waals surface area contributed by atoms with E-state index in [2.05, 4.69) is 15.6 Å². The molecule has 0 heterocycles. The molecule has 24 heavy (non-hydrogen) atoms. The van der Waals surface area contributed by atoms with Gasteiger partial charge in [0, 0.05) is 6.54 Å². The van der Waals surface area contributed by atoms with Gasteiger partial charge in [0.25, 0.3) is 0 Å². The van der Waals surface area contributed by atoms with E-state index in [4.69, 9.17) is 22.3 Å². The molecular formula is C13H26N6O4S. The number of aliphatic imine (C=N–C) groups is 1. The highest BCUT2D eigenvalue weighted by molar-refractivity contribution is 7.98. The minimum Gasteiger partial charge on any atom is -0.480 e. The average Bonchev–Trinajstić information content (AvgIpc) is 2.52. The molecule has 2 atom stereocenters. The maximum atomic E-state index is 11.7. The Bertz CT molecular complexity index is 456. The predicted octanol–water partition coefficient (Wildman–Crippen LogP) is -2.19. The molecule has 9 N–H and O–H groups in total. The number of hydrogen-bond acceptors (Lipinski definition) is 6. The van der Waals surface area contributed by atoms with Crippen molar-refractivity contribution in [3.63, 3.8) is 0 Å². The Morgan fingerprint density at radius 3 is 2.46 bits per heavy atom. The summed E-state index contributed by atoms with van der Waals surface area (Å²) in [4.78, 5) is 38.2. The summed E-state index contributed by atoms with van der Waals surface area (Å²) < 4.78 is 0. The van der Waals surface area contributed by atoms with Crippen LogP contribution in [0.5, 0.6) is 0 Å². The van der Waals surface area contributed by atoms with Crippen LogP contribution in [0.25, 0.3) is 0 Å². The second-order valence-corrected chi connectivity index (χ2v) is 6.00. The molecule has 0 bridgehead atoms. The number of carbonyl (C=O) groups is 3. The summed E-state index contributed by atoms with van der Waals surface area (Å²) in [6, 6.07) is -1.77. The summed E-state index contributed by atoms with van der Waals surface area (Å²) in [5.41, 5.74) is 16.0. The van der Waals surface area contributed by atoms with E-state index in [1.807, 2.05) is 6.26 Å². The predicted molar refractivity (Wildman–Crippen MR) is 93.5 cm³/mol. The Hall–Kier alpha value is -2.01. The molecule has 0 fully saturated rings. The Balaban J connectivity index is 4.12. The van der Waals surface area contributed by atoms with E-state index in [0.717, 1.165) is 0 Å². The standard InChI is InChI=1S/C13H26N6O4S/c1-24-6-4-9(12(22)23)19-10(20)7-18-11(21)8(14)3-2-5-17-13(15)16/h8-9H,2-7,14H2,1H3,(H,18,21)(H,19,20)(H,22,23)(H4,15,16,17)/t8-,9-/m0/s1. The number of carbonyl (C=O) groups excluding carboxylic acids is 2. The highest BCUT2D eigenvalue weighted by Gasteiger charge is 2.20. The fourth-order valence-corrected chi connectivity index (χ4v) is 2.16. The van der Waals surface area contributed by atoms with Gasteiger partial charge in [0.1, 0.15) is 6.04 Å². The van der Waals surface area contributed by atoms with Crippen LogP contribution >= 0.6 is 11.8 Å². The first-order valence-corrected chi connectivity index (χ1v) is 8.77. The average molecular weight is 362 g/mol. The van der Waals surface area contributed by atoms with Gasteiger partial charge in [-0.05, 0) is 31.3 Å². The van der Waals surface area contributed by atoms with Crippen LogP contribution in [0, 0.1) is 0 Å². The van der Waals surface area contributed by atoms with Crippen LogP contribution in [0.2, 0.25) is 0 Å². The maximum absolute atomic E-state index is 11.7. The van der Waals surface area contributed by atoms with Crippen molar-refractivity contribution >= 4 is 35.5 Å². The number of hydrogen-bond donors (Lipinski definition) is 6. The first-order valence-electron chi connectivity index (χ1n) is 7.37. The molecule has 2 amide bonds. The number of thioether (sulfide) groups is 1. The van der Waals surface area contributed by atoms with Crippen LogP contribution in [-0.2, 0) is 14.4 Å². The topological polar surface area (TPSA) is 186 Å². The highest BCUT2D eigenvalue weighted by atomic mass is 32.2. The largest absolute Gasteiger partial charge is 0.480 e. The van der Waals surface area contributed by atoms with Crippen molar-refractivity contribution in [2.24, 2.45) is 22.2 Å². The van der Waals surface area contributed by atoms with Gasteiger partial charge in [-0.2, -0.15) is 11.8 Å². The maximum Gasteiger partial charge on any atom is 0.326 e. The number of aliphatic carboxylic acids is 1. The summed E-state index contributed by atoms with van der Waals surface area (Å²) in [6.45, 7) is 0.0308. The minimum absolute atomic E-state index is 0.0286. The Labute approximate surface area is 145 Å². The summed E-state index contributed by atoms with van der Waals surface area (Å²) >= 11 is 1.48. The van der Waals surface area contributed by atoms with E-state index >= 15 is 0 Å². The summed E-state index contributed by atoms with van der Waals surface area (Å²) in [6.07, 6.45) is 3.03. The zero-order valence-corrected chi connectivity index (χ0v) is 14.5. The molecule has 0 aromatic carbocycles. The van der Waals surface area contributed by atoms with Crippen LogP contribution in [-0.4, -0.2) is 66.0 Å². The minimum atomic E-state index is -1.11. The molecule has 11 heteroatoms. The molecule has 0 aliphatic heterocycles. The molecule has 10 nitrogen and oxygen atoms in total. The van der Waals surface area contributed by atoms with Crippen molar-refractivity contribution in [2.45, 2.75) is 31.3 Å². The molecule has 0 spiro atoms. The normalized spacial score (nSPS) is 12.8. The third-order valence-corrected chi connectivity index (χ3v) is 3.62. The number of rotatable bonds is 12. The zero-order valence-electron chi connectivity index (χ0n) is 13.7. The van der Waals surface area contributed by atoms with E-state index < -0.39 is 29.9 Å². The van der Waals surface area contributed by atoms with Crippen LogP contribution in [0.4, 0.5) is 0 Å². The van der Waals surface area contributed by atoms with Crippen LogP contribution < -0.4 is 27.8 Å². The summed E-state index contributed by atoms with van der Waals surface area (Å²) in [5, 5.41) is 13.7. The molecule has 0 aromatic rings. The van der Waals surface area contributed by atoms with Gasteiger partial charge in [-0.3, -0.25) is 14.6 Å². The zero-order chi connectivity index (χ0) is 18.5. The number of nitrogens with one attached hydrogen (secondary N) is 2. The monoisotopic (exact) mass is 362 g/mol. The van der Waals surface area contributed by atoms with E-state index in [-0.39, 0.29) is 12.5 Å². The van der Waals surface area contributed by atoms with Crippen LogP contribution in [0.15, 0.2) is 4.99 Å². The lowest BCUT2D eigenvalue weighted by molar-refractivity contribution is -0.141. The van der Waals surface area contributed by atoms with Crippen molar-refractivity contribution in [1.82, 2.24) is 10.6 Å². The van der Waals surface area contributed by atoms with Crippen molar-refractivity contribution < 1.29 is 19.5 Å². The number of nitrogens with zero attached hydrogens (tertiary/aromatic N) is 1. The molecule has 0 saturated heterocycles. The van der Waals surface area contributed by atoms with Gasteiger partial charge in [0.05, 0.1) is 12.6 Å². The number of nitrogens with two attached hydrogens (primary N) is 3. The third-order valence-electron chi connectivity index (χ3n) is 2.97. The van der Waals surface area contributed by atoms with E-state index in [9.17, 15) is 14.4 Å². The number of carboxylic acid groups (broad SMARTS) is 1. The quantitative estimate of drug-likeness (QED) is 0.128. The van der Waals surface area contributed by atoms with Crippen molar-refractivity contribution in [1.29, 1.82) is 0 Å². The smallest absolute Gasteiger partial charge is 0.326 e. The highest BCUT2D eigenvalue weighted by Crippen LogP contribution is 2.01. The molecule has 0 unspecified atom stereocenters. The van der Waals surface area contributed by atoms with Gasteiger partial charge >= 0.3 is 5.97 Å². The number of carboxylic acids is 1. The lowest BCUT2D eigenvalue weighted by Gasteiger charge is -2.15. The second-order valence-electron chi connectivity index (χ2n) is 5.01. The number of amides is 2. The second kappa shape index (κ2) is 12.4. The third kappa shape index (κ3) is 10.7.